The molecule has 0 aromatic heterocycles. The summed E-state index contributed by atoms with van der Waals surface area (Å²) >= 11 is 0. The summed E-state index contributed by atoms with van der Waals surface area (Å²) in [6.45, 7) is 2.07. The van der Waals surface area contributed by atoms with Crippen LogP contribution in [0.1, 0.15) is 35.7 Å². The molecule has 0 aliphatic heterocycles. The van der Waals surface area contributed by atoms with E-state index >= 15 is 0 Å². The van der Waals surface area contributed by atoms with Crippen molar-refractivity contribution in [2.24, 2.45) is 11.3 Å². The van der Waals surface area contributed by atoms with Gasteiger partial charge in [0.1, 0.15) is 6.29 Å². The molecule has 17 heavy (non-hydrogen) atoms. The third-order valence-corrected chi connectivity index (χ3v) is 4.27. The molecule has 3 rings (SSSR count). The summed E-state index contributed by atoms with van der Waals surface area (Å²) in [6, 6.07) is 7.34. The lowest BCUT2D eigenvalue weighted by atomic mass is 9.45. The van der Waals surface area contributed by atoms with Gasteiger partial charge in [-0.05, 0) is 24.5 Å². The Kier molecular flexibility index (Phi) is 2.09. The standard InChI is InChI=1S/C15H14O2/c1-15-7-6-13(15)12(14(15)17)8-10-2-4-11(9-16)5-3-10/h2-5,8-9,13H,6-7H2,1H3/b12-8-/t13?,15-/m0/s1. The first-order valence-electron chi connectivity index (χ1n) is 5.97. The topological polar surface area (TPSA) is 34.1 Å². The van der Waals surface area contributed by atoms with Crippen LogP contribution in [0.4, 0.5) is 0 Å². The highest BCUT2D eigenvalue weighted by Crippen LogP contribution is 2.61. The zero-order valence-electron chi connectivity index (χ0n) is 9.77. The Hall–Kier alpha value is -1.70. The van der Waals surface area contributed by atoms with Gasteiger partial charge in [0.2, 0.25) is 0 Å². The van der Waals surface area contributed by atoms with E-state index in [-0.39, 0.29) is 5.41 Å². The van der Waals surface area contributed by atoms with Gasteiger partial charge in [0.05, 0.1) is 0 Å². The van der Waals surface area contributed by atoms with Crippen molar-refractivity contribution in [3.63, 3.8) is 0 Å². The number of carbonyl (C=O) groups is 2. The van der Waals surface area contributed by atoms with Crippen molar-refractivity contribution in [1.82, 2.24) is 0 Å². The largest absolute Gasteiger partial charge is 0.298 e. The molecule has 0 spiro atoms. The molecule has 1 unspecified atom stereocenters. The van der Waals surface area contributed by atoms with Gasteiger partial charge < -0.3 is 0 Å². The molecule has 0 radical (unpaired) electrons. The maximum absolute atomic E-state index is 11.9. The van der Waals surface area contributed by atoms with Crippen LogP contribution >= 0.6 is 0 Å². The predicted octanol–water partition coefficient (Wildman–Crippen LogP) is 2.88. The van der Waals surface area contributed by atoms with Gasteiger partial charge in [-0.15, -0.1) is 0 Å². The average molecular weight is 226 g/mol. The number of rotatable bonds is 2. The highest BCUT2D eigenvalue weighted by molar-refractivity contribution is 6.12. The van der Waals surface area contributed by atoms with Crippen molar-refractivity contribution in [2.45, 2.75) is 19.8 Å². The zero-order chi connectivity index (χ0) is 12.0. The van der Waals surface area contributed by atoms with Crippen LogP contribution in [0.15, 0.2) is 29.8 Å². The second-order valence-corrected chi connectivity index (χ2v) is 5.22. The fourth-order valence-electron chi connectivity index (χ4n) is 2.92. The van der Waals surface area contributed by atoms with Gasteiger partial charge >= 0.3 is 0 Å². The van der Waals surface area contributed by atoms with Crippen molar-refractivity contribution >= 4 is 18.1 Å². The van der Waals surface area contributed by atoms with Crippen LogP contribution in [0, 0.1) is 11.3 Å². The lowest BCUT2D eigenvalue weighted by molar-refractivity contribution is -0.144. The Morgan fingerprint density at radius 1 is 1.24 bits per heavy atom. The Bertz CT molecular complexity index is 524. The van der Waals surface area contributed by atoms with Gasteiger partial charge in [-0.25, -0.2) is 0 Å². The van der Waals surface area contributed by atoms with Crippen LogP contribution in [0.3, 0.4) is 0 Å². The maximum atomic E-state index is 11.9. The van der Waals surface area contributed by atoms with E-state index in [1.165, 1.54) is 0 Å². The van der Waals surface area contributed by atoms with Crippen molar-refractivity contribution in [3.8, 4) is 0 Å². The molecule has 2 nitrogen and oxygen atoms in total. The lowest BCUT2D eigenvalue weighted by Gasteiger charge is -2.56. The minimum Gasteiger partial charge on any atom is -0.298 e. The third kappa shape index (κ3) is 1.33. The number of fused-ring (bicyclic) bond motifs is 1. The molecule has 1 aromatic carbocycles. The molecule has 2 aliphatic rings. The molecule has 0 amide bonds. The average Bonchev–Trinajstić information content (AvgIpc) is 2.36. The fraction of sp³-hybridized carbons (Fsp3) is 0.333. The van der Waals surface area contributed by atoms with Crippen molar-refractivity contribution in [2.75, 3.05) is 0 Å². The van der Waals surface area contributed by atoms with Crippen LogP contribution in [-0.4, -0.2) is 12.1 Å². The Morgan fingerprint density at radius 2 is 1.88 bits per heavy atom. The quantitative estimate of drug-likeness (QED) is 0.574. The molecular formula is C15H14O2. The van der Waals surface area contributed by atoms with Crippen molar-refractivity contribution in [3.05, 3.63) is 41.0 Å². The van der Waals surface area contributed by atoms with Crippen LogP contribution in [0.2, 0.25) is 0 Å². The number of hydrogen-bond acceptors (Lipinski definition) is 2. The smallest absolute Gasteiger partial charge is 0.165 e. The summed E-state index contributed by atoms with van der Waals surface area (Å²) < 4.78 is 0. The second kappa shape index (κ2) is 3.39. The normalized spacial score (nSPS) is 32.6. The minimum atomic E-state index is -0.0471. The van der Waals surface area contributed by atoms with E-state index in [0.717, 1.165) is 30.3 Å². The van der Waals surface area contributed by atoms with Crippen LogP contribution in [0.25, 0.3) is 6.08 Å². The summed E-state index contributed by atoms with van der Waals surface area (Å²) in [5.74, 6) is 0.786. The zero-order valence-corrected chi connectivity index (χ0v) is 9.77. The van der Waals surface area contributed by atoms with Crippen LogP contribution in [0.5, 0.6) is 0 Å². The first-order valence-corrected chi connectivity index (χ1v) is 5.97. The molecule has 2 atom stereocenters. The molecule has 0 heterocycles. The SMILES string of the molecule is C[C@]12CCC1/C(=C/c1ccc(C=O)cc1)C2=O. The van der Waals surface area contributed by atoms with Crippen LogP contribution < -0.4 is 0 Å². The second-order valence-electron chi connectivity index (χ2n) is 5.22. The van der Waals surface area contributed by atoms with Gasteiger partial charge in [0, 0.05) is 22.5 Å². The Balaban J connectivity index is 1.87. The van der Waals surface area contributed by atoms with E-state index in [1.807, 2.05) is 18.2 Å². The van der Waals surface area contributed by atoms with E-state index in [9.17, 15) is 9.59 Å². The molecule has 86 valence electrons. The van der Waals surface area contributed by atoms with Gasteiger partial charge in [-0.2, -0.15) is 0 Å². The van der Waals surface area contributed by atoms with E-state index in [2.05, 4.69) is 6.92 Å². The van der Waals surface area contributed by atoms with E-state index < -0.39 is 0 Å². The summed E-state index contributed by atoms with van der Waals surface area (Å²) in [5, 5.41) is 0. The fourth-order valence-corrected chi connectivity index (χ4v) is 2.92. The van der Waals surface area contributed by atoms with E-state index in [0.29, 0.717) is 17.3 Å². The summed E-state index contributed by atoms with van der Waals surface area (Å²) in [6.07, 6.45) is 4.98. The monoisotopic (exact) mass is 226 g/mol. The van der Waals surface area contributed by atoms with Crippen molar-refractivity contribution < 1.29 is 9.59 Å². The van der Waals surface area contributed by atoms with Gasteiger partial charge in [0.15, 0.2) is 5.78 Å². The molecular weight excluding hydrogens is 212 g/mol. The Labute approximate surface area is 100 Å². The third-order valence-electron chi connectivity index (χ3n) is 4.27. The first kappa shape index (κ1) is 10.5. The first-order chi connectivity index (χ1) is 8.15. The number of ketones is 1. The Morgan fingerprint density at radius 3 is 2.35 bits per heavy atom. The van der Waals surface area contributed by atoms with Crippen molar-refractivity contribution in [1.29, 1.82) is 0 Å². The number of allylic oxidation sites excluding steroid dienone is 1. The molecule has 2 aliphatic carbocycles. The minimum absolute atomic E-state index is 0.0471. The number of aldehydes is 1. The number of hydrogen-bond donors (Lipinski definition) is 0. The molecule has 2 heteroatoms. The number of benzene rings is 1. The van der Waals surface area contributed by atoms with E-state index in [1.54, 1.807) is 12.1 Å². The summed E-state index contributed by atoms with van der Waals surface area (Å²) in [4.78, 5) is 22.5. The lowest BCUT2D eigenvalue weighted by Crippen LogP contribution is -2.57. The molecule has 1 aromatic rings. The molecule has 2 fully saturated rings. The maximum Gasteiger partial charge on any atom is 0.165 e. The molecule has 0 N–H and O–H groups in total. The number of carbonyl (C=O) groups excluding carboxylic acids is 2. The molecule has 2 saturated carbocycles. The van der Waals surface area contributed by atoms with Gasteiger partial charge in [-0.1, -0.05) is 31.2 Å². The molecule has 0 bridgehead atoms. The highest BCUT2D eigenvalue weighted by Gasteiger charge is 2.60. The van der Waals surface area contributed by atoms with Gasteiger partial charge in [-0.3, -0.25) is 9.59 Å². The van der Waals surface area contributed by atoms with Gasteiger partial charge in [0.25, 0.3) is 0 Å². The highest BCUT2D eigenvalue weighted by atomic mass is 16.1. The van der Waals surface area contributed by atoms with Crippen LogP contribution in [-0.2, 0) is 4.79 Å². The molecule has 0 saturated heterocycles. The summed E-state index contributed by atoms with van der Waals surface area (Å²) in [7, 11) is 0. The van der Waals surface area contributed by atoms with E-state index in [4.69, 9.17) is 0 Å². The summed E-state index contributed by atoms with van der Waals surface area (Å²) in [5.41, 5.74) is 2.60. The predicted molar refractivity (Wildman–Crippen MR) is 65.6 cm³/mol. The number of Topliss-reactive ketones (excluding diaryl/α,β-unsaturated/α-hetero) is 1.